The van der Waals surface area contributed by atoms with Crippen LogP contribution in [0.15, 0.2) is 47.4 Å². The van der Waals surface area contributed by atoms with E-state index in [0.29, 0.717) is 5.56 Å². The topological polar surface area (TPSA) is 89.5 Å². The van der Waals surface area contributed by atoms with Gasteiger partial charge in [-0.2, -0.15) is 0 Å². The van der Waals surface area contributed by atoms with Crippen LogP contribution in [0.4, 0.5) is 0 Å². The SMILES string of the molecule is COCCNS(=O)(=O)c1ccc2c(c1)C(=O)c1ccccc1C2=O. The van der Waals surface area contributed by atoms with Gasteiger partial charge >= 0.3 is 0 Å². The second-order valence-electron chi connectivity index (χ2n) is 5.30. The number of rotatable bonds is 5. The maximum atomic E-state index is 12.6. The van der Waals surface area contributed by atoms with Gasteiger partial charge in [-0.3, -0.25) is 9.59 Å². The molecule has 0 fully saturated rings. The van der Waals surface area contributed by atoms with Crippen molar-refractivity contribution in [1.82, 2.24) is 4.72 Å². The van der Waals surface area contributed by atoms with Crippen molar-refractivity contribution in [3.8, 4) is 0 Å². The third-order valence-corrected chi connectivity index (χ3v) is 5.26. The first kappa shape index (κ1) is 16.5. The molecular weight excluding hydrogens is 330 g/mol. The molecule has 0 unspecified atom stereocenters. The number of carbonyl (C=O) groups is 2. The highest BCUT2D eigenvalue weighted by atomic mass is 32.2. The summed E-state index contributed by atoms with van der Waals surface area (Å²) in [5.41, 5.74) is 0.948. The molecule has 0 saturated carbocycles. The highest BCUT2D eigenvalue weighted by Crippen LogP contribution is 2.28. The number of hydrogen-bond acceptors (Lipinski definition) is 5. The first-order valence-electron chi connectivity index (χ1n) is 7.27. The summed E-state index contributed by atoms with van der Waals surface area (Å²) in [6.45, 7) is 0.348. The highest BCUT2D eigenvalue weighted by molar-refractivity contribution is 7.89. The summed E-state index contributed by atoms with van der Waals surface area (Å²) >= 11 is 0. The molecule has 0 aliphatic heterocycles. The first-order chi connectivity index (χ1) is 11.5. The van der Waals surface area contributed by atoms with Crippen LogP contribution in [0.2, 0.25) is 0 Å². The summed E-state index contributed by atoms with van der Waals surface area (Å²) in [5, 5.41) is 0. The van der Waals surface area contributed by atoms with Crippen LogP contribution in [0.25, 0.3) is 0 Å². The molecule has 3 rings (SSSR count). The van der Waals surface area contributed by atoms with E-state index in [4.69, 9.17) is 4.74 Å². The predicted molar refractivity (Wildman–Crippen MR) is 86.8 cm³/mol. The molecule has 2 aromatic carbocycles. The van der Waals surface area contributed by atoms with Crippen molar-refractivity contribution in [2.45, 2.75) is 4.90 Å². The van der Waals surface area contributed by atoms with Crippen molar-refractivity contribution in [3.63, 3.8) is 0 Å². The fourth-order valence-corrected chi connectivity index (χ4v) is 3.65. The quantitative estimate of drug-likeness (QED) is 0.706. The predicted octanol–water partition coefficient (Wildman–Crippen LogP) is 1.39. The Morgan fingerprint density at radius 3 is 2.12 bits per heavy atom. The van der Waals surface area contributed by atoms with Gasteiger partial charge in [0.25, 0.3) is 0 Å². The number of benzene rings is 2. The molecule has 0 amide bonds. The van der Waals surface area contributed by atoms with E-state index in [9.17, 15) is 18.0 Å². The third-order valence-electron chi connectivity index (χ3n) is 3.81. The number of sulfonamides is 1. The average molecular weight is 345 g/mol. The standard InChI is InChI=1S/C17H15NO5S/c1-23-9-8-18-24(21,22)11-6-7-14-15(10-11)17(20)13-5-3-2-4-12(13)16(14)19/h2-7,10,18H,8-9H2,1H3. The number of ether oxygens (including phenoxy) is 1. The zero-order valence-electron chi connectivity index (χ0n) is 12.9. The number of ketones is 2. The van der Waals surface area contributed by atoms with Gasteiger partial charge in [0.1, 0.15) is 0 Å². The minimum Gasteiger partial charge on any atom is -0.383 e. The maximum absolute atomic E-state index is 12.6. The molecule has 24 heavy (non-hydrogen) atoms. The lowest BCUT2D eigenvalue weighted by molar-refractivity contribution is 0.0979. The molecule has 1 N–H and O–H groups in total. The van der Waals surface area contributed by atoms with Crippen LogP contribution in [0.1, 0.15) is 31.8 Å². The van der Waals surface area contributed by atoms with E-state index in [1.807, 2.05) is 0 Å². The smallest absolute Gasteiger partial charge is 0.240 e. The van der Waals surface area contributed by atoms with Crippen LogP contribution in [-0.2, 0) is 14.8 Å². The minimum absolute atomic E-state index is 0.0575. The first-order valence-corrected chi connectivity index (χ1v) is 8.75. The highest BCUT2D eigenvalue weighted by Gasteiger charge is 2.30. The molecule has 0 radical (unpaired) electrons. The van der Waals surface area contributed by atoms with Gasteiger partial charge in [0.2, 0.25) is 10.0 Å². The van der Waals surface area contributed by atoms with Gasteiger partial charge in [-0.1, -0.05) is 24.3 Å². The van der Waals surface area contributed by atoms with Crippen LogP contribution >= 0.6 is 0 Å². The summed E-state index contributed by atoms with van der Waals surface area (Å²) in [4.78, 5) is 25.0. The molecule has 0 heterocycles. The van der Waals surface area contributed by atoms with Crippen molar-refractivity contribution in [3.05, 3.63) is 64.7 Å². The Morgan fingerprint density at radius 2 is 1.50 bits per heavy atom. The second-order valence-corrected chi connectivity index (χ2v) is 7.07. The van der Waals surface area contributed by atoms with Gasteiger partial charge in [0.05, 0.1) is 11.5 Å². The minimum atomic E-state index is -3.78. The van der Waals surface area contributed by atoms with Crippen LogP contribution in [0.3, 0.4) is 0 Å². The van der Waals surface area contributed by atoms with Gasteiger partial charge in [-0.25, -0.2) is 13.1 Å². The molecule has 0 saturated heterocycles. The molecule has 1 aliphatic carbocycles. The van der Waals surface area contributed by atoms with Gasteiger partial charge < -0.3 is 4.74 Å². The zero-order chi connectivity index (χ0) is 17.3. The largest absolute Gasteiger partial charge is 0.383 e. The van der Waals surface area contributed by atoms with E-state index in [1.165, 1.54) is 25.3 Å². The summed E-state index contributed by atoms with van der Waals surface area (Å²) in [6.07, 6.45) is 0. The van der Waals surface area contributed by atoms with E-state index in [-0.39, 0.29) is 46.3 Å². The zero-order valence-corrected chi connectivity index (χ0v) is 13.7. The van der Waals surface area contributed by atoms with E-state index < -0.39 is 10.0 Å². The lowest BCUT2D eigenvalue weighted by atomic mass is 9.84. The molecule has 0 atom stereocenters. The normalized spacial score (nSPS) is 13.5. The van der Waals surface area contributed by atoms with Gasteiger partial charge in [0.15, 0.2) is 11.6 Å². The van der Waals surface area contributed by atoms with Gasteiger partial charge in [0, 0.05) is 35.9 Å². The van der Waals surface area contributed by atoms with Gasteiger partial charge in [-0.05, 0) is 18.2 Å². The number of fused-ring (bicyclic) bond motifs is 2. The van der Waals surface area contributed by atoms with E-state index >= 15 is 0 Å². The van der Waals surface area contributed by atoms with Gasteiger partial charge in [-0.15, -0.1) is 0 Å². The van der Waals surface area contributed by atoms with Crippen molar-refractivity contribution >= 4 is 21.6 Å². The Hall–Kier alpha value is -2.35. The van der Waals surface area contributed by atoms with Crippen LogP contribution in [0.5, 0.6) is 0 Å². The Labute approximate surface area is 139 Å². The Kier molecular flexibility index (Phi) is 4.31. The molecule has 6 nitrogen and oxygen atoms in total. The van der Waals surface area contributed by atoms with Crippen molar-refractivity contribution in [1.29, 1.82) is 0 Å². The lowest BCUT2D eigenvalue weighted by Crippen LogP contribution is -2.28. The molecule has 0 aromatic heterocycles. The van der Waals surface area contributed by atoms with Crippen LogP contribution in [-0.4, -0.2) is 40.2 Å². The Bertz CT molecular complexity index is 934. The lowest BCUT2D eigenvalue weighted by Gasteiger charge is -2.18. The second kappa shape index (κ2) is 6.27. The van der Waals surface area contributed by atoms with Crippen molar-refractivity contribution in [2.75, 3.05) is 20.3 Å². The number of methoxy groups -OCH3 is 1. The van der Waals surface area contributed by atoms with Crippen LogP contribution < -0.4 is 4.72 Å². The molecular formula is C17H15NO5S. The number of carbonyl (C=O) groups excluding carboxylic acids is 2. The fraction of sp³-hybridized carbons (Fsp3) is 0.176. The van der Waals surface area contributed by atoms with Crippen molar-refractivity contribution < 1.29 is 22.7 Å². The fourth-order valence-electron chi connectivity index (χ4n) is 2.61. The summed E-state index contributed by atoms with van der Waals surface area (Å²) in [6, 6.07) is 10.5. The maximum Gasteiger partial charge on any atom is 0.240 e. The molecule has 7 heteroatoms. The molecule has 124 valence electrons. The van der Waals surface area contributed by atoms with Crippen molar-refractivity contribution in [2.24, 2.45) is 0 Å². The number of nitrogens with one attached hydrogen (secondary N) is 1. The summed E-state index contributed by atoms with van der Waals surface area (Å²) in [5.74, 6) is -0.634. The Morgan fingerprint density at radius 1 is 0.917 bits per heavy atom. The number of hydrogen-bond donors (Lipinski definition) is 1. The molecule has 2 aromatic rings. The van der Waals surface area contributed by atoms with E-state index in [2.05, 4.69) is 4.72 Å². The van der Waals surface area contributed by atoms with E-state index in [0.717, 1.165) is 0 Å². The molecule has 0 bridgehead atoms. The third kappa shape index (κ3) is 2.77. The molecule has 1 aliphatic rings. The summed E-state index contributed by atoms with van der Waals surface area (Å²) < 4.78 is 31.7. The average Bonchev–Trinajstić information content (AvgIpc) is 2.59. The van der Waals surface area contributed by atoms with E-state index in [1.54, 1.807) is 24.3 Å². The summed E-state index contributed by atoms with van der Waals surface area (Å²) in [7, 11) is -2.31. The Balaban J connectivity index is 2.03. The van der Waals surface area contributed by atoms with Crippen LogP contribution in [0, 0.1) is 0 Å². The molecule has 0 spiro atoms. The monoisotopic (exact) mass is 345 g/mol.